The van der Waals surface area contributed by atoms with E-state index in [2.05, 4.69) is 34.3 Å². The van der Waals surface area contributed by atoms with Gasteiger partial charge in [0.2, 0.25) is 5.76 Å². The van der Waals surface area contributed by atoms with Gasteiger partial charge in [-0.1, -0.05) is 29.4 Å². The van der Waals surface area contributed by atoms with Gasteiger partial charge in [0.1, 0.15) is 0 Å². The van der Waals surface area contributed by atoms with Crippen LogP contribution in [0.15, 0.2) is 59.1 Å². The number of hydrogen-bond acceptors (Lipinski definition) is 5. The van der Waals surface area contributed by atoms with E-state index in [0.717, 1.165) is 25.2 Å². The minimum atomic E-state index is -0.176. The summed E-state index contributed by atoms with van der Waals surface area (Å²) in [5, 5.41) is 3.78. The molecule has 3 aromatic rings. The van der Waals surface area contributed by atoms with Crippen LogP contribution in [0.3, 0.4) is 0 Å². The molecular weight excluding hydrogens is 404 g/mol. The number of amides is 2. The van der Waals surface area contributed by atoms with Gasteiger partial charge in [-0.05, 0) is 48.7 Å². The van der Waals surface area contributed by atoms with Crippen LogP contribution in [-0.2, 0) is 13.0 Å². The van der Waals surface area contributed by atoms with E-state index >= 15 is 0 Å². The fraction of sp³-hybridized carbons (Fsp3) is 0.320. The summed E-state index contributed by atoms with van der Waals surface area (Å²) in [7, 11) is 0. The van der Waals surface area contributed by atoms with E-state index in [9.17, 15) is 9.59 Å². The fourth-order valence-corrected chi connectivity index (χ4v) is 4.45. The van der Waals surface area contributed by atoms with Crippen molar-refractivity contribution in [1.29, 1.82) is 0 Å². The Bertz CT molecular complexity index is 1130. The maximum atomic E-state index is 13.0. The Hall–Kier alpha value is -3.61. The molecule has 0 unspecified atom stereocenters. The van der Waals surface area contributed by atoms with Gasteiger partial charge < -0.3 is 19.2 Å². The van der Waals surface area contributed by atoms with Gasteiger partial charge in [-0.3, -0.25) is 9.59 Å². The third-order valence-corrected chi connectivity index (χ3v) is 6.30. The van der Waals surface area contributed by atoms with Crippen LogP contribution >= 0.6 is 0 Å². The van der Waals surface area contributed by atoms with E-state index in [0.29, 0.717) is 37.4 Å². The number of carbonyl (C=O) groups is 2. The highest BCUT2D eigenvalue weighted by Crippen LogP contribution is 2.25. The van der Waals surface area contributed by atoms with Crippen LogP contribution < -0.4 is 4.90 Å². The lowest BCUT2D eigenvalue weighted by molar-refractivity contribution is 0.0512. The standard InChI is InChI=1S/C25H26N4O3/c1-18-16-23(32-26-18)25(31)28-14-12-27(13-15-28)24(30)20-6-8-22(9-7-20)29-11-10-19-4-2-3-5-21(19)17-29/h2-9,16H,10-15,17H2,1H3. The second-order valence-electron chi connectivity index (χ2n) is 8.40. The quantitative estimate of drug-likeness (QED) is 0.639. The molecule has 0 bridgehead atoms. The molecule has 2 aromatic carbocycles. The third-order valence-electron chi connectivity index (χ3n) is 6.30. The number of benzene rings is 2. The van der Waals surface area contributed by atoms with Crippen molar-refractivity contribution >= 4 is 17.5 Å². The molecule has 0 saturated carbocycles. The predicted molar refractivity (Wildman–Crippen MR) is 121 cm³/mol. The molecule has 2 amide bonds. The average molecular weight is 431 g/mol. The number of nitrogens with zero attached hydrogens (tertiary/aromatic N) is 4. The molecule has 3 heterocycles. The maximum absolute atomic E-state index is 13.0. The Morgan fingerprint density at radius 3 is 2.16 bits per heavy atom. The van der Waals surface area contributed by atoms with Gasteiger partial charge in [0, 0.05) is 56.6 Å². The Morgan fingerprint density at radius 2 is 1.50 bits per heavy atom. The monoisotopic (exact) mass is 430 g/mol. The minimum Gasteiger partial charge on any atom is -0.367 e. The van der Waals surface area contributed by atoms with Crippen molar-refractivity contribution in [2.24, 2.45) is 0 Å². The number of piperazine rings is 1. The Labute approximate surface area is 187 Å². The van der Waals surface area contributed by atoms with Gasteiger partial charge in [0.15, 0.2) is 0 Å². The molecule has 0 atom stereocenters. The first kappa shape index (κ1) is 20.3. The number of anilines is 1. The lowest BCUT2D eigenvalue weighted by atomic mass is 9.99. The van der Waals surface area contributed by atoms with Gasteiger partial charge in [0.05, 0.1) is 5.69 Å². The first-order chi connectivity index (χ1) is 15.6. The van der Waals surface area contributed by atoms with Crippen LogP contribution in [0.5, 0.6) is 0 Å². The molecule has 0 N–H and O–H groups in total. The molecule has 0 aliphatic carbocycles. The van der Waals surface area contributed by atoms with Crippen molar-refractivity contribution in [3.05, 3.63) is 82.7 Å². The molecule has 1 aromatic heterocycles. The van der Waals surface area contributed by atoms with Crippen LogP contribution in [0.25, 0.3) is 0 Å². The highest BCUT2D eigenvalue weighted by Gasteiger charge is 2.27. The van der Waals surface area contributed by atoms with Crippen LogP contribution in [0, 0.1) is 6.92 Å². The summed E-state index contributed by atoms with van der Waals surface area (Å²) in [4.78, 5) is 31.4. The normalized spacial score (nSPS) is 16.1. The van der Waals surface area contributed by atoms with Gasteiger partial charge in [-0.2, -0.15) is 0 Å². The van der Waals surface area contributed by atoms with Crippen molar-refractivity contribution in [1.82, 2.24) is 15.0 Å². The lowest BCUT2D eigenvalue weighted by Gasteiger charge is -2.34. The summed E-state index contributed by atoms with van der Waals surface area (Å²) in [5.41, 5.74) is 5.28. The number of carbonyl (C=O) groups excluding carboxylic acids is 2. The van der Waals surface area contributed by atoms with E-state index in [1.54, 1.807) is 17.9 Å². The maximum Gasteiger partial charge on any atom is 0.292 e. The molecule has 32 heavy (non-hydrogen) atoms. The SMILES string of the molecule is Cc1cc(C(=O)N2CCN(C(=O)c3ccc(N4CCc5ccccc5C4)cc3)CC2)on1. The molecule has 7 nitrogen and oxygen atoms in total. The van der Waals surface area contributed by atoms with Crippen molar-refractivity contribution in [3.8, 4) is 0 Å². The number of aryl methyl sites for hydroxylation is 1. The molecule has 164 valence electrons. The average Bonchev–Trinajstić information content (AvgIpc) is 3.29. The topological polar surface area (TPSA) is 69.9 Å². The van der Waals surface area contributed by atoms with Crippen LogP contribution in [0.1, 0.15) is 37.7 Å². The summed E-state index contributed by atoms with van der Waals surface area (Å²) < 4.78 is 5.08. The Balaban J connectivity index is 1.19. The molecule has 5 rings (SSSR count). The van der Waals surface area contributed by atoms with E-state index in [-0.39, 0.29) is 17.6 Å². The molecule has 0 radical (unpaired) electrons. The molecule has 1 fully saturated rings. The van der Waals surface area contributed by atoms with E-state index in [1.165, 1.54) is 11.1 Å². The number of fused-ring (bicyclic) bond motifs is 1. The van der Waals surface area contributed by atoms with Crippen molar-refractivity contribution in [2.75, 3.05) is 37.6 Å². The largest absolute Gasteiger partial charge is 0.367 e. The fourth-order valence-electron chi connectivity index (χ4n) is 4.45. The Kier molecular flexibility index (Phi) is 5.39. The van der Waals surface area contributed by atoms with Crippen LogP contribution in [0.2, 0.25) is 0 Å². The first-order valence-electron chi connectivity index (χ1n) is 11.0. The second kappa shape index (κ2) is 8.49. The summed E-state index contributed by atoms with van der Waals surface area (Å²) in [6.45, 7) is 5.62. The molecule has 1 saturated heterocycles. The summed E-state index contributed by atoms with van der Waals surface area (Å²) in [6, 6.07) is 18.1. The van der Waals surface area contributed by atoms with Gasteiger partial charge in [-0.15, -0.1) is 0 Å². The molecule has 2 aliphatic heterocycles. The highest BCUT2D eigenvalue weighted by molar-refractivity contribution is 5.95. The smallest absolute Gasteiger partial charge is 0.292 e. The third kappa shape index (κ3) is 3.98. The van der Waals surface area contributed by atoms with Crippen molar-refractivity contribution in [3.63, 3.8) is 0 Å². The summed E-state index contributed by atoms with van der Waals surface area (Å²) in [5.74, 6) is 0.0755. The number of aromatic nitrogens is 1. The zero-order valence-corrected chi connectivity index (χ0v) is 18.2. The molecule has 2 aliphatic rings. The second-order valence-corrected chi connectivity index (χ2v) is 8.40. The summed E-state index contributed by atoms with van der Waals surface area (Å²) >= 11 is 0. The zero-order chi connectivity index (χ0) is 22.1. The van der Waals surface area contributed by atoms with Gasteiger partial charge >= 0.3 is 0 Å². The Morgan fingerprint density at radius 1 is 0.844 bits per heavy atom. The van der Waals surface area contributed by atoms with Gasteiger partial charge in [-0.25, -0.2) is 0 Å². The van der Waals surface area contributed by atoms with Crippen LogP contribution in [0.4, 0.5) is 5.69 Å². The van der Waals surface area contributed by atoms with Gasteiger partial charge in [0.25, 0.3) is 11.8 Å². The first-order valence-corrected chi connectivity index (χ1v) is 11.0. The van der Waals surface area contributed by atoms with Crippen LogP contribution in [-0.4, -0.2) is 59.5 Å². The van der Waals surface area contributed by atoms with E-state index in [4.69, 9.17) is 4.52 Å². The number of hydrogen-bond donors (Lipinski definition) is 0. The molecular formula is C25H26N4O3. The minimum absolute atomic E-state index is 0.00292. The van der Waals surface area contributed by atoms with E-state index < -0.39 is 0 Å². The predicted octanol–water partition coefficient (Wildman–Crippen LogP) is 3.14. The van der Waals surface area contributed by atoms with E-state index in [1.807, 2.05) is 29.2 Å². The number of rotatable bonds is 3. The zero-order valence-electron chi connectivity index (χ0n) is 18.2. The highest BCUT2D eigenvalue weighted by atomic mass is 16.5. The van der Waals surface area contributed by atoms with Crippen molar-refractivity contribution in [2.45, 2.75) is 19.9 Å². The molecule has 7 heteroatoms. The summed E-state index contributed by atoms with van der Waals surface area (Å²) in [6.07, 6.45) is 1.04. The molecule has 0 spiro atoms. The van der Waals surface area contributed by atoms with Crippen molar-refractivity contribution < 1.29 is 14.1 Å². The lowest BCUT2D eigenvalue weighted by Crippen LogP contribution is -2.50.